The summed E-state index contributed by atoms with van der Waals surface area (Å²) in [5.74, 6) is 0.719. The molecule has 0 spiro atoms. The fourth-order valence-corrected chi connectivity index (χ4v) is 2.43. The summed E-state index contributed by atoms with van der Waals surface area (Å²) in [6.45, 7) is 0.518. The van der Waals surface area contributed by atoms with Crippen molar-refractivity contribution in [3.63, 3.8) is 0 Å². The van der Waals surface area contributed by atoms with Gasteiger partial charge in [-0.15, -0.1) is 0 Å². The number of halogens is 1. The molecule has 0 radical (unpaired) electrons. The van der Waals surface area contributed by atoms with Crippen molar-refractivity contribution < 1.29 is 9.53 Å². The van der Waals surface area contributed by atoms with E-state index in [4.69, 9.17) is 10.5 Å². The Morgan fingerprint density at radius 2 is 1.90 bits per heavy atom. The summed E-state index contributed by atoms with van der Waals surface area (Å²) < 4.78 is 5.75. The molecule has 0 aliphatic carbocycles. The molecule has 0 atom stereocenters. The zero-order chi connectivity index (χ0) is 15.4. The highest BCUT2D eigenvalue weighted by atomic mass is 79.9. The summed E-state index contributed by atoms with van der Waals surface area (Å²) in [5, 5.41) is 0. The molecule has 0 bridgehead atoms. The summed E-state index contributed by atoms with van der Waals surface area (Å²) in [5.41, 5.74) is 7.96. The molecule has 21 heavy (non-hydrogen) atoms. The average molecular weight is 349 g/mol. The largest absolute Gasteiger partial charge is 0.497 e. The Hall–Kier alpha value is -2.01. The molecular weight excluding hydrogens is 332 g/mol. The van der Waals surface area contributed by atoms with Crippen LogP contribution in [0.15, 0.2) is 46.9 Å². The normalized spacial score (nSPS) is 10.2. The molecule has 2 aromatic carbocycles. The van der Waals surface area contributed by atoms with Gasteiger partial charge in [0.25, 0.3) is 5.91 Å². The lowest BCUT2D eigenvalue weighted by molar-refractivity contribution is 0.0784. The zero-order valence-electron chi connectivity index (χ0n) is 12.0. The third-order valence-corrected chi connectivity index (χ3v) is 4.07. The minimum atomic E-state index is -0.0787. The lowest BCUT2D eigenvalue weighted by Crippen LogP contribution is -2.26. The Kier molecular flexibility index (Phi) is 4.85. The Morgan fingerprint density at radius 3 is 2.52 bits per heavy atom. The van der Waals surface area contributed by atoms with Gasteiger partial charge in [-0.25, -0.2) is 0 Å². The monoisotopic (exact) mass is 348 g/mol. The Labute approximate surface area is 132 Å². The summed E-state index contributed by atoms with van der Waals surface area (Å²) in [4.78, 5) is 14.1. The molecule has 2 N–H and O–H groups in total. The van der Waals surface area contributed by atoms with Gasteiger partial charge >= 0.3 is 0 Å². The van der Waals surface area contributed by atoms with Crippen molar-refractivity contribution in [2.24, 2.45) is 0 Å². The number of nitrogens with two attached hydrogens (primary N) is 1. The van der Waals surface area contributed by atoms with Crippen LogP contribution in [0.3, 0.4) is 0 Å². The molecule has 0 aliphatic heterocycles. The van der Waals surface area contributed by atoms with Crippen molar-refractivity contribution in [2.45, 2.75) is 6.54 Å². The highest BCUT2D eigenvalue weighted by molar-refractivity contribution is 9.10. The van der Waals surface area contributed by atoms with Crippen molar-refractivity contribution in [3.05, 3.63) is 58.1 Å². The van der Waals surface area contributed by atoms with E-state index in [1.807, 2.05) is 24.3 Å². The molecular formula is C16H17BrN2O2. The van der Waals surface area contributed by atoms with E-state index in [1.54, 1.807) is 37.3 Å². The van der Waals surface area contributed by atoms with Gasteiger partial charge in [0.1, 0.15) is 5.75 Å². The van der Waals surface area contributed by atoms with Crippen LogP contribution >= 0.6 is 15.9 Å². The van der Waals surface area contributed by atoms with Gasteiger partial charge in [0.2, 0.25) is 0 Å². The Balaban J connectivity index is 2.13. The molecule has 5 heteroatoms. The number of ether oxygens (including phenoxy) is 1. The van der Waals surface area contributed by atoms with Crippen LogP contribution in [0.4, 0.5) is 5.69 Å². The second kappa shape index (κ2) is 6.63. The molecule has 2 aromatic rings. The topological polar surface area (TPSA) is 55.6 Å². The standard InChI is InChI=1S/C16H17BrN2O2/c1-19(10-11-6-8-12(21-2)9-7-11)16(20)13-4-3-5-14(18)15(13)17/h3-9H,10,18H2,1-2H3. The van der Waals surface area contributed by atoms with Gasteiger partial charge in [0.15, 0.2) is 0 Å². The predicted octanol–water partition coefficient (Wildman–Crippen LogP) is 3.31. The molecule has 0 aliphatic rings. The van der Waals surface area contributed by atoms with Gasteiger partial charge < -0.3 is 15.4 Å². The first-order valence-electron chi connectivity index (χ1n) is 6.45. The smallest absolute Gasteiger partial charge is 0.255 e. The molecule has 0 aromatic heterocycles. The maximum absolute atomic E-state index is 12.5. The highest BCUT2D eigenvalue weighted by Crippen LogP contribution is 2.25. The molecule has 1 amide bonds. The molecule has 4 nitrogen and oxygen atoms in total. The summed E-state index contributed by atoms with van der Waals surface area (Å²) in [6.07, 6.45) is 0. The number of benzene rings is 2. The molecule has 0 unspecified atom stereocenters. The van der Waals surface area contributed by atoms with Gasteiger partial charge in [-0.05, 0) is 45.8 Å². The summed E-state index contributed by atoms with van der Waals surface area (Å²) in [7, 11) is 3.39. The number of anilines is 1. The average Bonchev–Trinajstić information content (AvgIpc) is 2.50. The minimum absolute atomic E-state index is 0.0787. The van der Waals surface area contributed by atoms with Gasteiger partial charge in [0.05, 0.1) is 17.1 Å². The number of amides is 1. The van der Waals surface area contributed by atoms with E-state index >= 15 is 0 Å². The number of rotatable bonds is 4. The SMILES string of the molecule is COc1ccc(CN(C)C(=O)c2cccc(N)c2Br)cc1. The van der Waals surface area contributed by atoms with Crippen LogP contribution in [0.1, 0.15) is 15.9 Å². The maximum atomic E-state index is 12.5. The first kappa shape index (κ1) is 15.4. The number of methoxy groups -OCH3 is 1. The second-order valence-corrected chi connectivity index (χ2v) is 5.51. The molecule has 2 rings (SSSR count). The van der Waals surface area contributed by atoms with Crippen LogP contribution in [0.25, 0.3) is 0 Å². The van der Waals surface area contributed by atoms with Crippen LogP contribution in [0.2, 0.25) is 0 Å². The van der Waals surface area contributed by atoms with Crippen molar-refractivity contribution in [1.82, 2.24) is 4.90 Å². The minimum Gasteiger partial charge on any atom is -0.497 e. The maximum Gasteiger partial charge on any atom is 0.255 e. The number of carbonyl (C=O) groups excluding carboxylic acids is 1. The Bertz CT molecular complexity index is 641. The van der Waals surface area contributed by atoms with Crippen molar-refractivity contribution in [2.75, 3.05) is 19.9 Å². The van der Waals surface area contributed by atoms with Crippen LogP contribution in [-0.2, 0) is 6.54 Å². The van der Waals surface area contributed by atoms with E-state index in [9.17, 15) is 4.79 Å². The summed E-state index contributed by atoms with van der Waals surface area (Å²) in [6, 6.07) is 12.9. The van der Waals surface area contributed by atoms with Crippen LogP contribution in [0, 0.1) is 0 Å². The third kappa shape index (κ3) is 3.55. The number of hydrogen-bond donors (Lipinski definition) is 1. The van der Waals surface area contributed by atoms with E-state index < -0.39 is 0 Å². The first-order chi connectivity index (χ1) is 10.0. The highest BCUT2D eigenvalue weighted by Gasteiger charge is 2.16. The van der Waals surface area contributed by atoms with E-state index in [0.717, 1.165) is 11.3 Å². The number of nitrogen functional groups attached to an aromatic ring is 1. The number of carbonyl (C=O) groups is 1. The molecule has 0 saturated carbocycles. The van der Waals surface area contributed by atoms with E-state index in [2.05, 4.69) is 15.9 Å². The quantitative estimate of drug-likeness (QED) is 0.862. The van der Waals surface area contributed by atoms with E-state index in [0.29, 0.717) is 22.3 Å². The first-order valence-corrected chi connectivity index (χ1v) is 7.24. The second-order valence-electron chi connectivity index (χ2n) is 4.72. The predicted molar refractivity (Wildman–Crippen MR) is 87.3 cm³/mol. The van der Waals surface area contributed by atoms with Crippen LogP contribution in [0.5, 0.6) is 5.75 Å². The fourth-order valence-electron chi connectivity index (χ4n) is 2.00. The zero-order valence-corrected chi connectivity index (χ0v) is 13.6. The third-order valence-electron chi connectivity index (χ3n) is 3.18. The number of hydrogen-bond acceptors (Lipinski definition) is 3. The molecule has 0 saturated heterocycles. The van der Waals surface area contributed by atoms with Gasteiger partial charge in [-0.1, -0.05) is 18.2 Å². The molecule has 0 fully saturated rings. The van der Waals surface area contributed by atoms with Gasteiger partial charge in [0, 0.05) is 19.3 Å². The lowest BCUT2D eigenvalue weighted by Gasteiger charge is -2.18. The summed E-state index contributed by atoms with van der Waals surface area (Å²) >= 11 is 3.36. The van der Waals surface area contributed by atoms with E-state index in [-0.39, 0.29) is 5.91 Å². The van der Waals surface area contributed by atoms with Crippen LogP contribution < -0.4 is 10.5 Å². The van der Waals surface area contributed by atoms with Crippen molar-refractivity contribution >= 4 is 27.5 Å². The van der Waals surface area contributed by atoms with Crippen molar-refractivity contribution in [1.29, 1.82) is 0 Å². The Morgan fingerprint density at radius 1 is 1.24 bits per heavy atom. The lowest BCUT2D eigenvalue weighted by atomic mass is 10.1. The van der Waals surface area contributed by atoms with Gasteiger partial charge in [-0.3, -0.25) is 4.79 Å². The van der Waals surface area contributed by atoms with Crippen LogP contribution in [-0.4, -0.2) is 25.0 Å². The van der Waals surface area contributed by atoms with Crippen molar-refractivity contribution in [3.8, 4) is 5.75 Å². The van der Waals surface area contributed by atoms with E-state index in [1.165, 1.54) is 0 Å². The van der Waals surface area contributed by atoms with Gasteiger partial charge in [-0.2, -0.15) is 0 Å². The number of nitrogens with zero attached hydrogens (tertiary/aromatic N) is 1. The molecule has 0 heterocycles. The fraction of sp³-hybridized carbons (Fsp3) is 0.188. The molecule has 110 valence electrons.